The van der Waals surface area contributed by atoms with Crippen molar-refractivity contribution >= 4 is 5.91 Å². The van der Waals surface area contributed by atoms with E-state index in [1.165, 1.54) is 57.8 Å². The second-order valence-corrected chi connectivity index (χ2v) is 8.45. The van der Waals surface area contributed by atoms with Crippen molar-refractivity contribution < 1.29 is 4.79 Å². The Morgan fingerprint density at radius 3 is 2.03 bits per heavy atom. The smallest absolute Gasteiger partial charge is 0.251 e. The lowest BCUT2D eigenvalue weighted by Gasteiger charge is -2.08. The van der Waals surface area contributed by atoms with Gasteiger partial charge in [0, 0.05) is 12.1 Å². The third-order valence-corrected chi connectivity index (χ3v) is 5.76. The molecule has 0 bridgehead atoms. The van der Waals surface area contributed by atoms with E-state index in [4.69, 9.17) is 5.26 Å². The minimum Gasteiger partial charge on any atom is -0.352 e. The van der Waals surface area contributed by atoms with Crippen molar-refractivity contribution in [1.29, 1.82) is 5.26 Å². The van der Waals surface area contributed by atoms with Gasteiger partial charge in [0.2, 0.25) is 0 Å². The maximum absolute atomic E-state index is 12.5. The van der Waals surface area contributed by atoms with Crippen molar-refractivity contribution in [2.45, 2.75) is 84.0 Å². The molecule has 3 heteroatoms. The van der Waals surface area contributed by atoms with E-state index in [2.05, 4.69) is 24.4 Å². The van der Waals surface area contributed by atoms with Crippen LogP contribution in [0.2, 0.25) is 0 Å². The lowest BCUT2D eigenvalue weighted by Crippen LogP contribution is -2.24. The van der Waals surface area contributed by atoms with Crippen molar-refractivity contribution in [3.8, 4) is 6.07 Å². The quantitative estimate of drug-likeness (QED) is 0.317. The molecule has 0 aliphatic rings. The van der Waals surface area contributed by atoms with Gasteiger partial charge in [0.25, 0.3) is 5.91 Å². The first-order valence-electron chi connectivity index (χ1n) is 12.1. The van der Waals surface area contributed by atoms with E-state index in [0.717, 1.165) is 42.5 Å². The lowest BCUT2D eigenvalue weighted by molar-refractivity contribution is 0.0953. The van der Waals surface area contributed by atoms with Gasteiger partial charge in [-0.1, -0.05) is 89.0 Å². The molecule has 2 aromatic carbocycles. The van der Waals surface area contributed by atoms with Crippen LogP contribution in [-0.4, -0.2) is 12.5 Å². The molecule has 0 saturated carbocycles. The molecule has 166 valence electrons. The number of hydrogen-bond donors (Lipinski definition) is 1. The SMILES string of the molecule is CCCCCCCCCCCCNC(=O)c1cccc(CCc2cccc(C#N)c2)c1. The predicted octanol–water partition coefficient (Wildman–Crippen LogP) is 6.99. The average Bonchev–Trinajstić information content (AvgIpc) is 2.81. The van der Waals surface area contributed by atoms with Gasteiger partial charge in [-0.15, -0.1) is 0 Å². The van der Waals surface area contributed by atoms with E-state index in [9.17, 15) is 4.79 Å². The number of nitriles is 1. The van der Waals surface area contributed by atoms with Gasteiger partial charge in [0.1, 0.15) is 0 Å². The van der Waals surface area contributed by atoms with E-state index in [1.54, 1.807) is 0 Å². The highest BCUT2D eigenvalue weighted by Crippen LogP contribution is 2.12. The van der Waals surface area contributed by atoms with Gasteiger partial charge < -0.3 is 5.32 Å². The largest absolute Gasteiger partial charge is 0.352 e. The molecule has 1 N–H and O–H groups in total. The van der Waals surface area contributed by atoms with Gasteiger partial charge in [-0.3, -0.25) is 4.79 Å². The summed E-state index contributed by atoms with van der Waals surface area (Å²) in [5.41, 5.74) is 3.72. The van der Waals surface area contributed by atoms with Crippen LogP contribution in [0.1, 0.15) is 98.2 Å². The first kappa shape index (κ1) is 24.7. The lowest BCUT2D eigenvalue weighted by atomic mass is 10.0. The topological polar surface area (TPSA) is 52.9 Å². The normalized spacial score (nSPS) is 10.6. The molecule has 0 aromatic heterocycles. The summed E-state index contributed by atoms with van der Waals surface area (Å²) >= 11 is 0. The summed E-state index contributed by atoms with van der Waals surface area (Å²) in [6.07, 6.45) is 14.7. The molecule has 0 atom stereocenters. The zero-order valence-corrected chi connectivity index (χ0v) is 19.2. The first-order chi connectivity index (χ1) is 15.2. The van der Waals surface area contributed by atoms with E-state index in [-0.39, 0.29) is 5.91 Å². The molecular formula is C28H38N2O. The molecule has 0 heterocycles. The molecule has 0 aliphatic carbocycles. The number of benzene rings is 2. The number of rotatable bonds is 15. The van der Waals surface area contributed by atoms with E-state index in [1.807, 2.05) is 42.5 Å². The molecule has 1 amide bonds. The molecule has 31 heavy (non-hydrogen) atoms. The molecular weight excluding hydrogens is 380 g/mol. The van der Waals surface area contributed by atoms with Gasteiger partial charge in [-0.05, 0) is 54.7 Å². The molecule has 0 unspecified atom stereocenters. The molecule has 0 aliphatic heterocycles. The Hall–Kier alpha value is -2.60. The van der Waals surface area contributed by atoms with Crippen LogP contribution < -0.4 is 5.32 Å². The van der Waals surface area contributed by atoms with Gasteiger partial charge in [-0.2, -0.15) is 5.26 Å². The molecule has 3 nitrogen and oxygen atoms in total. The van der Waals surface area contributed by atoms with Crippen LogP contribution in [0, 0.1) is 11.3 Å². The summed E-state index contributed by atoms with van der Waals surface area (Å²) in [4.78, 5) is 12.5. The maximum atomic E-state index is 12.5. The van der Waals surface area contributed by atoms with Crippen LogP contribution in [0.25, 0.3) is 0 Å². The third kappa shape index (κ3) is 10.3. The minimum atomic E-state index is 0.0178. The van der Waals surface area contributed by atoms with Crippen molar-refractivity contribution in [1.82, 2.24) is 5.32 Å². The highest BCUT2D eigenvalue weighted by Gasteiger charge is 2.06. The number of amides is 1. The number of nitrogens with one attached hydrogen (secondary N) is 1. The van der Waals surface area contributed by atoms with Crippen molar-refractivity contribution in [2.24, 2.45) is 0 Å². The van der Waals surface area contributed by atoms with Crippen molar-refractivity contribution in [3.63, 3.8) is 0 Å². The molecule has 0 radical (unpaired) electrons. The number of nitrogens with zero attached hydrogens (tertiary/aromatic N) is 1. The standard InChI is InChI=1S/C28H38N2O/c1-2-3-4-5-6-7-8-9-10-11-20-30-28(31)27-17-13-15-25(22-27)19-18-24-14-12-16-26(21-24)23-29/h12-17,21-22H,2-11,18-20H2,1H3,(H,30,31). The second kappa shape index (κ2) is 15.2. The molecule has 0 saturated heterocycles. The van der Waals surface area contributed by atoms with Crippen LogP contribution in [0.15, 0.2) is 48.5 Å². The zero-order valence-electron chi connectivity index (χ0n) is 19.2. The van der Waals surface area contributed by atoms with Gasteiger partial charge in [0.05, 0.1) is 11.6 Å². The van der Waals surface area contributed by atoms with Crippen molar-refractivity contribution in [3.05, 3.63) is 70.8 Å². The van der Waals surface area contributed by atoms with Crippen molar-refractivity contribution in [2.75, 3.05) is 6.54 Å². The highest BCUT2D eigenvalue weighted by atomic mass is 16.1. The fourth-order valence-corrected chi connectivity index (χ4v) is 3.87. The average molecular weight is 419 g/mol. The Labute approximate surface area is 188 Å². The van der Waals surface area contributed by atoms with Crippen LogP contribution in [0.4, 0.5) is 0 Å². The summed E-state index contributed by atoms with van der Waals surface area (Å²) in [5.74, 6) is 0.0178. The number of carbonyl (C=O) groups is 1. The Balaban J connectivity index is 1.62. The van der Waals surface area contributed by atoms with E-state index in [0.29, 0.717) is 5.56 Å². The maximum Gasteiger partial charge on any atom is 0.251 e. The minimum absolute atomic E-state index is 0.0178. The van der Waals surface area contributed by atoms with Gasteiger partial charge in [0.15, 0.2) is 0 Å². The van der Waals surface area contributed by atoms with Gasteiger partial charge in [-0.25, -0.2) is 0 Å². The number of aryl methyl sites for hydroxylation is 2. The zero-order chi connectivity index (χ0) is 22.2. The molecule has 0 spiro atoms. The summed E-state index contributed by atoms with van der Waals surface area (Å²) < 4.78 is 0. The summed E-state index contributed by atoms with van der Waals surface area (Å²) in [6.45, 7) is 3.01. The number of carbonyl (C=O) groups excluding carboxylic acids is 1. The monoisotopic (exact) mass is 418 g/mol. The Kier molecular flexibility index (Phi) is 12.1. The fraction of sp³-hybridized carbons (Fsp3) is 0.500. The second-order valence-electron chi connectivity index (χ2n) is 8.45. The highest BCUT2D eigenvalue weighted by molar-refractivity contribution is 5.94. The molecule has 0 fully saturated rings. The first-order valence-corrected chi connectivity index (χ1v) is 12.1. The fourth-order valence-electron chi connectivity index (χ4n) is 3.87. The molecule has 2 aromatic rings. The Bertz CT molecular complexity index is 822. The van der Waals surface area contributed by atoms with Crippen LogP contribution in [0.5, 0.6) is 0 Å². The van der Waals surface area contributed by atoms with Crippen LogP contribution >= 0.6 is 0 Å². The summed E-state index contributed by atoms with van der Waals surface area (Å²) in [6, 6.07) is 17.8. The molecule has 2 rings (SSSR count). The predicted molar refractivity (Wildman–Crippen MR) is 129 cm³/mol. The number of unbranched alkanes of at least 4 members (excludes halogenated alkanes) is 9. The van der Waals surface area contributed by atoms with Gasteiger partial charge >= 0.3 is 0 Å². The summed E-state index contributed by atoms with van der Waals surface area (Å²) in [5, 5.41) is 12.1. The van der Waals surface area contributed by atoms with Crippen LogP contribution in [-0.2, 0) is 12.8 Å². The Morgan fingerprint density at radius 2 is 1.39 bits per heavy atom. The van der Waals surface area contributed by atoms with Crippen LogP contribution in [0.3, 0.4) is 0 Å². The van der Waals surface area contributed by atoms with E-state index < -0.39 is 0 Å². The third-order valence-electron chi connectivity index (χ3n) is 5.76. The number of hydrogen-bond acceptors (Lipinski definition) is 2. The van der Waals surface area contributed by atoms with E-state index >= 15 is 0 Å². The summed E-state index contributed by atoms with van der Waals surface area (Å²) in [7, 11) is 0. The Morgan fingerprint density at radius 1 is 0.806 bits per heavy atom.